The number of hydrogen-bond donors (Lipinski definition) is 2. The standard InChI is InChI=1S/C15H20N4O2/c20-15(21-7-6-11-9-16-17-10-11)14-8-13(18-19-14)12-4-2-1-3-5-12/h8-10,12H,1-7H2,(H,16,17)(H,18,19). The number of esters is 1. The molecular formula is C15H20N4O2. The lowest BCUT2D eigenvalue weighted by Crippen LogP contribution is -2.08. The molecule has 3 rings (SSSR count). The third-order valence-corrected chi connectivity index (χ3v) is 4.03. The van der Waals surface area contributed by atoms with E-state index in [2.05, 4.69) is 20.4 Å². The summed E-state index contributed by atoms with van der Waals surface area (Å²) in [4.78, 5) is 11.9. The minimum Gasteiger partial charge on any atom is -0.461 e. The molecule has 2 heterocycles. The van der Waals surface area contributed by atoms with Gasteiger partial charge in [0.25, 0.3) is 0 Å². The van der Waals surface area contributed by atoms with Gasteiger partial charge in [0, 0.05) is 24.2 Å². The highest BCUT2D eigenvalue weighted by Crippen LogP contribution is 2.31. The van der Waals surface area contributed by atoms with Gasteiger partial charge in [-0.3, -0.25) is 10.2 Å². The number of hydrogen-bond acceptors (Lipinski definition) is 4. The number of aromatic amines is 2. The number of nitrogens with one attached hydrogen (secondary N) is 2. The van der Waals surface area contributed by atoms with Gasteiger partial charge < -0.3 is 4.74 Å². The number of H-pyrrole nitrogens is 2. The van der Waals surface area contributed by atoms with Crippen LogP contribution in [0.25, 0.3) is 0 Å². The van der Waals surface area contributed by atoms with E-state index in [1.165, 1.54) is 32.1 Å². The van der Waals surface area contributed by atoms with Crippen LogP contribution in [-0.2, 0) is 11.2 Å². The number of carbonyl (C=O) groups excluding carboxylic acids is 1. The largest absolute Gasteiger partial charge is 0.461 e. The summed E-state index contributed by atoms with van der Waals surface area (Å²) in [5, 5.41) is 13.7. The molecular weight excluding hydrogens is 268 g/mol. The van der Waals surface area contributed by atoms with E-state index in [1.807, 2.05) is 6.07 Å². The first-order chi connectivity index (χ1) is 10.3. The second-order valence-corrected chi connectivity index (χ2v) is 5.54. The maximum absolute atomic E-state index is 11.9. The molecule has 2 aromatic heterocycles. The van der Waals surface area contributed by atoms with Crippen molar-refractivity contribution < 1.29 is 9.53 Å². The van der Waals surface area contributed by atoms with E-state index in [0.29, 0.717) is 24.6 Å². The maximum atomic E-state index is 11.9. The van der Waals surface area contributed by atoms with Crippen LogP contribution in [0.15, 0.2) is 18.5 Å². The molecule has 0 bridgehead atoms. The van der Waals surface area contributed by atoms with Crippen molar-refractivity contribution in [1.82, 2.24) is 20.4 Å². The molecule has 0 saturated heterocycles. The van der Waals surface area contributed by atoms with Gasteiger partial charge in [-0.1, -0.05) is 19.3 Å². The van der Waals surface area contributed by atoms with E-state index in [9.17, 15) is 4.79 Å². The maximum Gasteiger partial charge on any atom is 0.358 e. The van der Waals surface area contributed by atoms with Crippen molar-refractivity contribution in [2.75, 3.05) is 6.61 Å². The number of nitrogens with zero attached hydrogens (tertiary/aromatic N) is 2. The van der Waals surface area contributed by atoms with Crippen LogP contribution in [0.1, 0.15) is 59.8 Å². The Bertz CT molecular complexity index is 570. The Morgan fingerprint density at radius 1 is 1.33 bits per heavy atom. The van der Waals surface area contributed by atoms with Crippen LogP contribution < -0.4 is 0 Å². The predicted octanol–water partition coefficient (Wildman–Crippen LogP) is 2.58. The average molecular weight is 288 g/mol. The van der Waals surface area contributed by atoms with Gasteiger partial charge >= 0.3 is 5.97 Å². The minimum absolute atomic E-state index is 0.337. The molecule has 1 aliphatic rings. The van der Waals surface area contributed by atoms with E-state index in [1.54, 1.807) is 12.4 Å². The van der Waals surface area contributed by atoms with Gasteiger partial charge in [0.1, 0.15) is 0 Å². The molecule has 0 aromatic carbocycles. The highest BCUT2D eigenvalue weighted by atomic mass is 16.5. The van der Waals surface area contributed by atoms with Crippen molar-refractivity contribution in [3.05, 3.63) is 35.4 Å². The fraction of sp³-hybridized carbons (Fsp3) is 0.533. The van der Waals surface area contributed by atoms with Crippen molar-refractivity contribution >= 4 is 5.97 Å². The molecule has 112 valence electrons. The predicted molar refractivity (Wildman–Crippen MR) is 77.0 cm³/mol. The topological polar surface area (TPSA) is 83.7 Å². The monoisotopic (exact) mass is 288 g/mol. The summed E-state index contributed by atoms with van der Waals surface area (Å²) in [6.45, 7) is 0.337. The third kappa shape index (κ3) is 3.51. The molecule has 1 aliphatic carbocycles. The smallest absolute Gasteiger partial charge is 0.358 e. The highest BCUT2D eigenvalue weighted by Gasteiger charge is 2.20. The van der Waals surface area contributed by atoms with Crippen LogP contribution in [0.4, 0.5) is 0 Å². The van der Waals surface area contributed by atoms with Crippen molar-refractivity contribution in [2.24, 2.45) is 0 Å². The first-order valence-electron chi connectivity index (χ1n) is 7.53. The average Bonchev–Trinajstić information content (AvgIpc) is 3.20. The van der Waals surface area contributed by atoms with Gasteiger partial charge in [-0.25, -0.2) is 4.79 Å². The Labute approximate surface area is 123 Å². The Balaban J connectivity index is 1.51. The molecule has 6 heteroatoms. The second kappa shape index (κ2) is 6.56. The second-order valence-electron chi connectivity index (χ2n) is 5.54. The van der Waals surface area contributed by atoms with Crippen molar-refractivity contribution in [3.8, 4) is 0 Å². The van der Waals surface area contributed by atoms with Gasteiger partial charge in [-0.15, -0.1) is 0 Å². The van der Waals surface area contributed by atoms with Crippen LogP contribution in [0.2, 0.25) is 0 Å². The molecule has 1 saturated carbocycles. The third-order valence-electron chi connectivity index (χ3n) is 4.03. The molecule has 2 aromatic rings. The molecule has 0 radical (unpaired) electrons. The first-order valence-corrected chi connectivity index (χ1v) is 7.53. The summed E-state index contributed by atoms with van der Waals surface area (Å²) in [5.74, 6) is 0.149. The molecule has 0 spiro atoms. The Kier molecular flexibility index (Phi) is 4.33. The number of ether oxygens (including phenoxy) is 1. The van der Waals surface area contributed by atoms with Crippen LogP contribution in [-0.4, -0.2) is 33.0 Å². The lowest BCUT2D eigenvalue weighted by atomic mass is 9.87. The molecule has 0 unspecified atom stereocenters. The lowest BCUT2D eigenvalue weighted by molar-refractivity contribution is 0.0502. The summed E-state index contributed by atoms with van der Waals surface area (Å²) in [6, 6.07) is 1.84. The van der Waals surface area contributed by atoms with E-state index in [-0.39, 0.29) is 5.97 Å². The van der Waals surface area contributed by atoms with Gasteiger partial charge in [0.15, 0.2) is 5.69 Å². The molecule has 0 aliphatic heterocycles. The molecule has 1 fully saturated rings. The quantitative estimate of drug-likeness (QED) is 0.828. The molecule has 0 amide bonds. The molecule has 2 N–H and O–H groups in total. The fourth-order valence-electron chi connectivity index (χ4n) is 2.81. The SMILES string of the molecule is O=C(OCCc1cn[nH]c1)c1cc(C2CCCCC2)[nH]n1. The minimum atomic E-state index is -0.364. The first kappa shape index (κ1) is 13.9. The van der Waals surface area contributed by atoms with Crippen LogP contribution >= 0.6 is 0 Å². The summed E-state index contributed by atoms with van der Waals surface area (Å²) < 4.78 is 5.24. The number of rotatable bonds is 5. The summed E-state index contributed by atoms with van der Waals surface area (Å²) >= 11 is 0. The van der Waals surface area contributed by atoms with Crippen molar-refractivity contribution in [3.63, 3.8) is 0 Å². The van der Waals surface area contributed by atoms with Crippen molar-refractivity contribution in [2.45, 2.75) is 44.4 Å². The molecule has 0 atom stereocenters. The molecule has 21 heavy (non-hydrogen) atoms. The van der Waals surface area contributed by atoms with E-state index in [4.69, 9.17) is 4.74 Å². The highest BCUT2D eigenvalue weighted by molar-refractivity contribution is 5.87. The van der Waals surface area contributed by atoms with Crippen LogP contribution in [0, 0.1) is 0 Å². The molecule has 6 nitrogen and oxygen atoms in total. The summed E-state index contributed by atoms with van der Waals surface area (Å²) in [6.07, 6.45) is 10.4. The normalized spacial score (nSPS) is 16.0. The Hall–Kier alpha value is -2.11. The zero-order chi connectivity index (χ0) is 14.5. The van der Waals surface area contributed by atoms with Crippen LogP contribution in [0.3, 0.4) is 0 Å². The Morgan fingerprint density at radius 3 is 2.95 bits per heavy atom. The summed E-state index contributed by atoms with van der Waals surface area (Å²) in [7, 11) is 0. The van der Waals surface area contributed by atoms with Crippen molar-refractivity contribution in [1.29, 1.82) is 0 Å². The van der Waals surface area contributed by atoms with Gasteiger partial charge in [-0.05, 0) is 24.5 Å². The van der Waals surface area contributed by atoms with Gasteiger partial charge in [-0.2, -0.15) is 10.2 Å². The van der Waals surface area contributed by atoms with E-state index in [0.717, 1.165) is 11.3 Å². The van der Waals surface area contributed by atoms with E-state index < -0.39 is 0 Å². The fourth-order valence-corrected chi connectivity index (χ4v) is 2.81. The number of aromatic nitrogens is 4. The number of carbonyl (C=O) groups is 1. The summed E-state index contributed by atoms with van der Waals surface area (Å²) in [5.41, 5.74) is 2.46. The van der Waals surface area contributed by atoms with Gasteiger partial charge in [0.2, 0.25) is 0 Å². The van der Waals surface area contributed by atoms with E-state index >= 15 is 0 Å². The zero-order valence-corrected chi connectivity index (χ0v) is 12.0. The lowest BCUT2D eigenvalue weighted by Gasteiger charge is -2.19. The van der Waals surface area contributed by atoms with Crippen LogP contribution in [0.5, 0.6) is 0 Å². The Morgan fingerprint density at radius 2 is 2.19 bits per heavy atom. The zero-order valence-electron chi connectivity index (χ0n) is 12.0. The van der Waals surface area contributed by atoms with Gasteiger partial charge in [0.05, 0.1) is 12.8 Å².